The van der Waals surface area contributed by atoms with E-state index in [-0.39, 0.29) is 17.9 Å². The fourth-order valence-corrected chi connectivity index (χ4v) is 1.87. The number of rotatable bonds is 2. The highest BCUT2D eigenvalue weighted by atomic mass is 32.1. The predicted octanol–water partition coefficient (Wildman–Crippen LogP) is 2.00. The van der Waals surface area contributed by atoms with Crippen molar-refractivity contribution in [1.29, 1.82) is 0 Å². The Morgan fingerprint density at radius 1 is 1.32 bits per heavy atom. The van der Waals surface area contributed by atoms with Gasteiger partial charge in [-0.05, 0) is 50.7 Å². The third kappa shape index (κ3) is 6.03. The maximum atomic E-state index is 11.8. The molecule has 0 radical (unpaired) electrons. The summed E-state index contributed by atoms with van der Waals surface area (Å²) in [6, 6.07) is 7.31. The second-order valence-electron chi connectivity index (χ2n) is 5.27. The van der Waals surface area contributed by atoms with Gasteiger partial charge in [0.25, 0.3) is 0 Å². The summed E-state index contributed by atoms with van der Waals surface area (Å²) in [6.07, 6.45) is 5.55. The molecule has 2 N–H and O–H groups in total. The van der Waals surface area contributed by atoms with Crippen LogP contribution in [0.2, 0.25) is 0 Å². The van der Waals surface area contributed by atoms with Crippen molar-refractivity contribution in [3.63, 3.8) is 0 Å². The number of amides is 1. The number of benzene rings is 1. The van der Waals surface area contributed by atoms with E-state index < -0.39 is 0 Å². The highest BCUT2D eigenvalue weighted by molar-refractivity contribution is 7.80. The van der Waals surface area contributed by atoms with Crippen LogP contribution in [-0.2, 0) is 11.2 Å². The monoisotopic (exact) mass is 274 g/mol. The molecule has 0 unspecified atom stereocenters. The molecule has 100 valence electrons. The topological polar surface area (TPSA) is 41.1 Å². The van der Waals surface area contributed by atoms with Gasteiger partial charge in [0.15, 0.2) is 5.11 Å². The van der Waals surface area contributed by atoms with Crippen molar-refractivity contribution in [2.75, 3.05) is 0 Å². The Balaban J connectivity index is 2.51. The first-order chi connectivity index (χ1) is 8.80. The van der Waals surface area contributed by atoms with Crippen LogP contribution in [-0.4, -0.2) is 16.6 Å². The first-order valence-corrected chi connectivity index (χ1v) is 6.38. The summed E-state index contributed by atoms with van der Waals surface area (Å²) < 4.78 is 0. The number of terminal acetylenes is 1. The molecule has 0 saturated heterocycles. The summed E-state index contributed by atoms with van der Waals surface area (Å²) in [6.45, 7) is 5.93. The van der Waals surface area contributed by atoms with Crippen LogP contribution in [0.4, 0.5) is 0 Å². The molecule has 1 aromatic rings. The van der Waals surface area contributed by atoms with E-state index in [0.29, 0.717) is 5.11 Å². The lowest BCUT2D eigenvalue weighted by Crippen LogP contribution is -2.48. The van der Waals surface area contributed by atoms with Crippen LogP contribution in [0, 0.1) is 12.3 Å². The lowest BCUT2D eigenvalue weighted by molar-refractivity contribution is -0.119. The summed E-state index contributed by atoms with van der Waals surface area (Å²) in [7, 11) is 0. The Hall–Kier alpha value is -1.86. The van der Waals surface area contributed by atoms with Gasteiger partial charge in [-0.2, -0.15) is 0 Å². The molecular formula is C15H18N2OS. The van der Waals surface area contributed by atoms with Gasteiger partial charge in [-0.25, -0.2) is 0 Å². The Morgan fingerprint density at radius 3 is 2.37 bits per heavy atom. The second kappa shape index (κ2) is 6.35. The van der Waals surface area contributed by atoms with Crippen molar-refractivity contribution in [3.8, 4) is 12.3 Å². The Morgan fingerprint density at radius 2 is 1.89 bits per heavy atom. The molecule has 0 saturated carbocycles. The van der Waals surface area contributed by atoms with E-state index in [9.17, 15) is 4.79 Å². The quantitative estimate of drug-likeness (QED) is 0.640. The van der Waals surface area contributed by atoms with Gasteiger partial charge in [-0.15, -0.1) is 6.42 Å². The minimum absolute atomic E-state index is 0.143. The molecule has 0 aliphatic carbocycles. The molecular weight excluding hydrogens is 256 g/mol. The van der Waals surface area contributed by atoms with Crippen molar-refractivity contribution < 1.29 is 4.79 Å². The van der Waals surface area contributed by atoms with Gasteiger partial charge in [0.05, 0.1) is 6.42 Å². The minimum atomic E-state index is -0.168. The fourth-order valence-electron chi connectivity index (χ4n) is 1.45. The van der Waals surface area contributed by atoms with Gasteiger partial charge in [-0.1, -0.05) is 18.1 Å². The van der Waals surface area contributed by atoms with Crippen molar-refractivity contribution >= 4 is 23.2 Å². The van der Waals surface area contributed by atoms with Gasteiger partial charge in [0.1, 0.15) is 0 Å². The smallest absolute Gasteiger partial charge is 0.230 e. The molecule has 4 heteroatoms. The van der Waals surface area contributed by atoms with Crippen LogP contribution in [0.25, 0.3) is 0 Å². The number of carbonyl (C=O) groups is 1. The SMILES string of the molecule is C#Cc1ccc(CC(=O)NC(=S)NC(C)(C)C)cc1. The van der Waals surface area contributed by atoms with E-state index in [2.05, 4.69) is 16.6 Å². The maximum Gasteiger partial charge on any atom is 0.230 e. The molecule has 1 aromatic carbocycles. The highest BCUT2D eigenvalue weighted by Crippen LogP contribution is 2.04. The number of nitrogens with one attached hydrogen (secondary N) is 2. The van der Waals surface area contributed by atoms with Gasteiger partial charge < -0.3 is 10.6 Å². The first kappa shape index (κ1) is 15.2. The zero-order valence-electron chi connectivity index (χ0n) is 11.4. The van der Waals surface area contributed by atoms with Gasteiger partial charge in [0.2, 0.25) is 5.91 Å². The first-order valence-electron chi connectivity index (χ1n) is 5.98. The van der Waals surface area contributed by atoms with E-state index in [1.54, 1.807) is 0 Å². The summed E-state index contributed by atoms with van der Waals surface area (Å²) >= 11 is 5.06. The summed E-state index contributed by atoms with van der Waals surface area (Å²) in [4.78, 5) is 11.8. The molecule has 0 aromatic heterocycles. The zero-order chi connectivity index (χ0) is 14.5. The standard InChI is InChI=1S/C15H18N2OS/c1-5-11-6-8-12(9-7-11)10-13(18)16-14(19)17-15(2,3)4/h1,6-9H,10H2,2-4H3,(H2,16,17,18,19). The van der Waals surface area contributed by atoms with E-state index in [1.807, 2.05) is 45.0 Å². The molecule has 3 nitrogen and oxygen atoms in total. The van der Waals surface area contributed by atoms with Crippen LogP contribution in [0.1, 0.15) is 31.9 Å². The molecule has 0 aliphatic heterocycles. The van der Waals surface area contributed by atoms with E-state index in [4.69, 9.17) is 18.6 Å². The van der Waals surface area contributed by atoms with Crippen LogP contribution in [0.15, 0.2) is 24.3 Å². The van der Waals surface area contributed by atoms with Crippen LogP contribution in [0.5, 0.6) is 0 Å². The van der Waals surface area contributed by atoms with Crippen LogP contribution >= 0.6 is 12.2 Å². The van der Waals surface area contributed by atoms with E-state index in [1.165, 1.54) is 0 Å². The van der Waals surface area contributed by atoms with E-state index in [0.717, 1.165) is 11.1 Å². The molecule has 1 rings (SSSR count). The zero-order valence-corrected chi connectivity index (χ0v) is 12.2. The molecule has 0 fully saturated rings. The van der Waals surface area contributed by atoms with Crippen molar-refractivity contribution in [3.05, 3.63) is 35.4 Å². The molecule has 0 atom stereocenters. The Labute approximate surface area is 119 Å². The average molecular weight is 274 g/mol. The number of carbonyl (C=O) groups excluding carboxylic acids is 1. The number of thiocarbonyl (C=S) groups is 1. The summed E-state index contributed by atoms with van der Waals surface area (Å²) in [5, 5.41) is 6.03. The molecule has 0 bridgehead atoms. The van der Waals surface area contributed by atoms with E-state index >= 15 is 0 Å². The van der Waals surface area contributed by atoms with Gasteiger partial charge in [-0.3, -0.25) is 4.79 Å². The third-order valence-corrected chi connectivity index (χ3v) is 2.43. The Kier molecular flexibility index (Phi) is 5.08. The largest absolute Gasteiger partial charge is 0.358 e. The second-order valence-corrected chi connectivity index (χ2v) is 5.68. The van der Waals surface area contributed by atoms with Crippen molar-refractivity contribution in [2.24, 2.45) is 0 Å². The number of hydrogen-bond donors (Lipinski definition) is 2. The minimum Gasteiger partial charge on any atom is -0.358 e. The van der Waals surface area contributed by atoms with Crippen molar-refractivity contribution in [2.45, 2.75) is 32.7 Å². The third-order valence-electron chi connectivity index (χ3n) is 2.23. The molecule has 1 amide bonds. The average Bonchev–Trinajstić information content (AvgIpc) is 2.27. The lowest BCUT2D eigenvalue weighted by Gasteiger charge is -2.22. The predicted molar refractivity (Wildman–Crippen MR) is 81.7 cm³/mol. The van der Waals surface area contributed by atoms with Gasteiger partial charge >= 0.3 is 0 Å². The van der Waals surface area contributed by atoms with Gasteiger partial charge in [0, 0.05) is 11.1 Å². The normalized spacial score (nSPS) is 10.4. The Bertz CT molecular complexity index is 506. The highest BCUT2D eigenvalue weighted by Gasteiger charge is 2.13. The van der Waals surface area contributed by atoms with Crippen LogP contribution < -0.4 is 10.6 Å². The molecule has 19 heavy (non-hydrogen) atoms. The lowest BCUT2D eigenvalue weighted by atomic mass is 10.1. The van der Waals surface area contributed by atoms with Crippen molar-refractivity contribution in [1.82, 2.24) is 10.6 Å². The summed E-state index contributed by atoms with van der Waals surface area (Å²) in [5.74, 6) is 2.39. The molecule has 0 heterocycles. The maximum absolute atomic E-state index is 11.8. The number of hydrogen-bond acceptors (Lipinski definition) is 2. The van der Waals surface area contributed by atoms with Crippen LogP contribution in [0.3, 0.4) is 0 Å². The molecule has 0 aliphatic rings. The fraction of sp³-hybridized carbons (Fsp3) is 0.333. The summed E-state index contributed by atoms with van der Waals surface area (Å²) in [5.41, 5.74) is 1.53. The molecule has 0 spiro atoms.